The molecule has 2 atom stereocenters. The summed E-state index contributed by atoms with van der Waals surface area (Å²) in [5.74, 6) is -1.65. The topological polar surface area (TPSA) is 200 Å². The Kier molecular flexibility index (Phi) is 11.9. The van der Waals surface area contributed by atoms with Crippen LogP contribution in [0, 0.1) is 10.1 Å². The van der Waals surface area contributed by atoms with Crippen LogP contribution in [-0.4, -0.2) is 65.8 Å². The predicted octanol–water partition coefficient (Wildman–Crippen LogP) is 0.768. The fourth-order valence-electron chi connectivity index (χ4n) is 3.52. The average Bonchev–Trinajstić information content (AvgIpc) is 2.87. The van der Waals surface area contributed by atoms with Crippen LogP contribution >= 0.6 is 11.6 Å². The normalized spacial score (nSPS) is 12.3. The molecular weight excluding hydrogens is 502 g/mol. The standard InChI is InChI=1S/C24H32ClN7O5/c25-18-14-17(32(36)37)7-9-20(18)29-24(35)21(8-6-16-4-2-1-3-5-16)30-23(34)19(28)15-22(33)31(12-10-26)13-11-27/h1-5,7,9,14,19,21H,6,8,10-13,15,26-28H2,(H,29,35)(H,30,34)/t19-,21-/m0/s1. The number of halogens is 1. The molecule has 2 aromatic rings. The molecule has 0 saturated heterocycles. The van der Waals surface area contributed by atoms with Crippen LogP contribution in [0.5, 0.6) is 0 Å². The Morgan fingerprint density at radius 2 is 1.68 bits per heavy atom. The summed E-state index contributed by atoms with van der Waals surface area (Å²) in [6.07, 6.45) is 0.397. The third-order valence-electron chi connectivity index (χ3n) is 5.50. The van der Waals surface area contributed by atoms with E-state index in [2.05, 4.69) is 10.6 Å². The zero-order chi connectivity index (χ0) is 27.4. The van der Waals surface area contributed by atoms with Gasteiger partial charge in [-0.2, -0.15) is 0 Å². The average molecular weight is 534 g/mol. The monoisotopic (exact) mass is 533 g/mol. The third kappa shape index (κ3) is 9.42. The van der Waals surface area contributed by atoms with Gasteiger partial charge >= 0.3 is 0 Å². The molecule has 0 bridgehead atoms. The van der Waals surface area contributed by atoms with Crippen molar-refractivity contribution in [1.29, 1.82) is 0 Å². The molecule has 200 valence electrons. The highest BCUT2D eigenvalue weighted by Gasteiger charge is 2.27. The van der Waals surface area contributed by atoms with Crippen LogP contribution in [0.3, 0.4) is 0 Å². The van der Waals surface area contributed by atoms with E-state index >= 15 is 0 Å². The molecule has 37 heavy (non-hydrogen) atoms. The molecule has 12 nitrogen and oxygen atoms in total. The molecule has 0 aliphatic heterocycles. The molecule has 0 radical (unpaired) electrons. The molecule has 0 heterocycles. The Bertz CT molecular complexity index is 1080. The molecule has 0 aromatic heterocycles. The van der Waals surface area contributed by atoms with Crippen molar-refractivity contribution in [2.24, 2.45) is 17.2 Å². The number of nitro benzene ring substituents is 1. The predicted molar refractivity (Wildman–Crippen MR) is 141 cm³/mol. The number of nitrogens with one attached hydrogen (secondary N) is 2. The minimum Gasteiger partial charge on any atom is -0.343 e. The smallest absolute Gasteiger partial charge is 0.271 e. The highest BCUT2D eigenvalue weighted by Crippen LogP contribution is 2.27. The van der Waals surface area contributed by atoms with Crippen LogP contribution < -0.4 is 27.8 Å². The summed E-state index contributed by atoms with van der Waals surface area (Å²) in [5, 5.41) is 16.1. The lowest BCUT2D eigenvalue weighted by atomic mass is 10.0. The van der Waals surface area contributed by atoms with E-state index in [9.17, 15) is 24.5 Å². The minimum absolute atomic E-state index is 0.0297. The highest BCUT2D eigenvalue weighted by molar-refractivity contribution is 6.34. The number of amides is 3. The van der Waals surface area contributed by atoms with Gasteiger partial charge in [0.2, 0.25) is 17.7 Å². The van der Waals surface area contributed by atoms with Gasteiger partial charge in [-0.05, 0) is 24.5 Å². The summed E-state index contributed by atoms with van der Waals surface area (Å²) in [4.78, 5) is 50.3. The van der Waals surface area contributed by atoms with Crippen molar-refractivity contribution < 1.29 is 19.3 Å². The van der Waals surface area contributed by atoms with Crippen molar-refractivity contribution in [3.8, 4) is 0 Å². The molecule has 0 unspecified atom stereocenters. The van der Waals surface area contributed by atoms with E-state index < -0.39 is 28.8 Å². The number of nitrogens with zero attached hydrogens (tertiary/aromatic N) is 2. The van der Waals surface area contributed by atoms with Crippen molar-refractivity contribution in [2.75, 3.05) is 31.5 Å². The van der Waals surface area contributed by atoms with Crippen LogP contribution in [-0.2, 0) is 20.8 Å². The number of anilines is 1. The van der Waals surface area contributed by atoms with Crippen LogP contribution in [0.4, 0.5) is 11.4 Å². The molecule has 2 rings (SSSR count). The quantitative estimate of drug-likeness (QED) is 0.173. The SMILES string of the molecule is NCCN(CCN)C(=O)C[C@H](N)C(=O)N[C@@H](CCc1ccccc1)C(=O)Nc1ccc([N+](=O)[O-])cc1Cl. The third-order valence-corrected chi connectivity index (χ3v) is 5.81. The van der Waals surface area contributed by atoms with Gasteiger partial charge in [0.05, 0.1) is 28.1 Å². The Balaban J connectivity index is 2.13. The van der Waals surface area contributed by atoms with Gasteiger partial charge in [-0.1, -0.05) is 41.9 Å². The van der Waals surface area contributed by atoms with E-state index in [1.807, 2.05) is 30.3 Å². The summed E-state index contributed by atoms with van der Waals surface area (Å²) in [5.41, 5.74) is 17.9. The van der Waals surface area contributed by atoms with Gasteiger partial charge in [-0.3, -0.25) is 24.5 Å². The van der Waals surface area contributed by atoms with Gasteiger partial charge in [-0.15, -0.1) is 0 Å². The zero-order valence-electron chi connectivity index (χ0n) is 20.3. The van der Waals surface area contributed by atoms with E-state index in [4.69, 9.17) is 28.8 Å². The molecule has 2 aromatic carbocycles. The molecule has 0 saturated carbocycles. The van der Waals surface area contributed by atoms with Crippen LogP contribution in [0.1, 0.15) is 18.4 Å². The van der Waals surface area contributed by atoms with Crippen LogP contribution in [0.2, 0.25) is 5.02 Å². The molecule has 0 aliphatic carbocycles. The fraction of sp³-hybridized carbons (Fsp3) is 0.375. The van der Waals surface area contributed by atoms with E-state index in [0.29, 0.717) is 6.42 Å². The fourth-order valence-corrected chi connectivity index (χ4v) is 3.75. The first kappa shape index (κ1) is 29.6. The molecule has 13 heteroatoms. The molecule has 8 N–H and O–H groups in total. The lowest BCUT2D eigenvalue weighted by Gasteiger charge is -2.24. The molecule has 0 fully saturated rings. The Morgan fingerprint density at radius 1 is 1.03 bits per heavy atom. The first-order valence-electron chi connectivity index (χ1n) is 11.7. The lowest BCUT2D eigenvalue weighted by Crippen LogP contribution is -2.52. The number of carbonyl (C=O) groups excluding carboxylic acids is 3. The van der Waals surface area contributed by atoms with Gasteiger partial charge in [0.25, 0.3) is 5.69 Å². The largest absolute Gasteiger partial charge is 0.343 e. The van der Waals surface area contributed by atoms with Gasteiger partial charge in [0.15, 0.2) is 0 Å². The zero-order valence-corrected chi connectivity index (χ0v) is 21.0. The summed E-state index contributed by atoms with van der Waals surface area (Å²) in [6, 6.07) is 10.7. The van der Waals surface area contributed by atoms with Crippen LogP contribution in [0.25, 0.3) is 0 Å². The van der Waals surface area contributed by atoms with Crippen molar-refractivity contribution in [2.45, 2.75) is 31.3 Å². The molecule has 0 aliphatic rings. The summed E-state index contributed by atoms with van der Waals surface area (Å²) >= 11 is 6.10. The highest BCUT2D eigenvalue weighted by atomic mass is 35.5. The van der Waals surface area contributed by atoms with Gasteiger partial charge in [0.1, 0.15) is 6.04 Å². The summed E-state index contributed by atoms with van der Waals surface area (Å²) in [7, 11) is 0. The van der Waals surface area contributed by atoms with Gasteiger partial charge < -0.3 is 32.7 Å². The maximum absolute atomic E-state index is 13.1. The Hall–Kier alpha value is -3.58. The number of non-ortho nitro benzene ring substituents is 1. The van der Waals surface area contributed by atoms with E-state index in [1.54, 1.807) is 0 Å². The van der Waals surface area contributed by atoms with Gasteiger partial charge in [-0.25, -0.2) is 0 Å². The van der Waals surface area contributed by atoms with E-state index in [-0.39, 0.29) is 61.3 Å². The molecular formula is C24H32ClN7O5. The van der Waals surface area contributed by atoms with Crippen molar-refractivity contribution >= 4 is 40.7 Å². The molecule has 3 amide bonds. The van der Waals surface area contributed by atoms with Crippen LogP contribution in [0.15, 0.2) is 48.5 Å². The number of rotatable bonds is 14. The first-order valence-corrected chi connectivity index (χ1v) is 12.1. The first-order chi connectivity index (χ1) is 17.7. The minimum atomic E-state index is -1.21. The van der Waals surface area contributed by atoms with E-state index in [1.165, 1.54) is 17.0 Å². The van der Waals surface area contributed by atoms with Crippen molar-refractivity contribution in [3.63, 3.8) is 0 Å². The van der Waals surface area contributed by atoms with Crippen molar-refractivity contribution in [1.82, 2.24) is 10.2 Å². The van der Waals surface area contributed by atoms with Gasteiger partial charge in [0, 0.05) is 38.3 Å². The Labute approximate surface area is 219 Å². The van der Waals surface area contributed by atoms with E-state index in [0.717, 1.165) is 11.6 Å². The number of nitrogens with two attached hydrogens (primary N) is 3. The number of carbonyl (C=O) groups is 3. The molecule has 0 spiro atoms. The number of aryl methyl sites for hydroxylation is 1. The Morgan fingerprint density at radius 3 is 2.24 bits per heavy atom. The maximum Gasteiger partial charge on any atom is 0.271 e. The summed E-state index contributed by atoms with van der Waals surface area (Å²) in [6.45, 7) is 1.03. The summed E-state index contributed by atoms with van der Waals surface area (Å²) < 4.78 is 0. The maximum atomic E-state index is 13.1. The second kappa shape index (κ2) is 14.9. The number of hydrogen-bond acceptors (Lipinski definition) is 8. The van der Waals surface area contributed by atoms with Crippen molar-refractivity contribution in [3.05, 3.63) is 69.2 Å². The number of nitro groups is 1. The number of benzene rings is 2. The number of hydrogen-bond donors (Lipinski definition) is 5. The second-order valence-electron chi connectivity index (χ2n) is 8.26. The lowest BCUT2D eigenvalue weighted by molar-refractivity contribution is -0.384. The second-order valence-corrected chi connectivity index (χ2v) is 8.67.